The minimum atomic E-state index is -1.75. The third kappa shape index (κ3) is 1.51. The third-order valence-corrected chi connectivity index (χ3v) is 3.73. The lowest BCUT2D eigenvalue weighted by molar-refractivity contribution is -0.141. The SMILES string of the molecule is CN1C(=O)C(Cl)(c2ccccc2Cl)C(=O)N1C. The van der Waals surface area contributed by atoms with E-state index in [-0.39, 0.29) is 0 Å². The molecule has 1 aliphatic rings. The molecule has 6 heteroatoms. The maximum atomic E-state index is 12.1. The molecule has 0 aliphatic carbocycles. The summed E-state index contributed by atoms with van der Waals surface area (Å²) in [5.74, 6) is -1.00. The Kier molecular flexibility index (Phi) is 2.79. The van der Waals surface area contributed by atoms with Crippen molar-refractivity contribution in [3.8, 4) is 0 Å². The van der Waals surface area contributed by atoms with E-state index in [0.29, 0.717) is 10.6 Å². The number of hydrogen-bond acceptors (Lipinski definition) is 2. The summed E-state index contributed by atoms with van der Waals surface area (Å²) in [6.07, 6.45) is 0. The van der Waals surface area contributed by atoms with Crippen molar-refractivity contribution in [1.82, 2.24) is 10.0 Å². The average molecular weight is 273 g/mol. The van der Waals surface area contributed by atoms with Gasteiger partial charge in [-0.1, -0.05) is 41.4 Å². The molecule has 0 bridgehead atoms. The van der Waals surface area contributed by atoms with Crippen molar-refractivity contribution < 1.29 is 9.59 Å². The molecule has 0 unspecified atom stereocenters. The summed E-state index contributed by atoms with van der Waals surface area (Å²) in [4.78, 5) is 22.4. The third-order valence-electron chi connectivity index (χ3n) is 2.87. The Morgan fingerprint density at radius 3 is 2.00 bits per heavy atom. The predicted octanol–water partition coefficient (Wildman–Crippen LogP) is 1.62. The second-order valence-electron chi connectivity index (χ2n) is 3.80. The topological polar surface area (TPSA) is 40.6 Å². The first kappa shape index (κ1) is 12.2. The average Bonchev–Trinajstić information content (AvgIpc) is 2.47. The lowest BCUT2D eigenvalue weighted by Crippen LogP contribution is -2.35. The van der Waals surface area contributed by atoms with Gasteiger partial charge in [-0.15, -0.1) is 0 Å². The highest BCUT2D eigenvalue weighted by Crippen LogP contribution is 2.41. The summed E-state index contributed by atoms with van der Waals surface area (Å²) >= 11 is 12.2. The van der Waals surface area contributed by atoms with Crippen LogP contribution in [0.4, 0.5) is 0 Å². The van der Waals surface area contributed by atoms with E-state index in [4.69, 9.17) is 23.2 Å². The van der Waals surface area contributed by atoms with E-state index < -0.39 is 16.7 Å². The molecule has 0 spiro atoms. The van der Waals surface area contributed by atoms with E-state index in [0.717, 1.165) is 0 Å². The number of nitrogens with zero attached hydrogens (tertiary/aromatic N) is 2. The molecule has 1 aromatic carbocycles. The number of hydrogen-bond donors (Lipinski definition) is 0. The van der Waals surface area contributed by atoms with E-state index in [9.17, 15) is 9.59 Å². The number of amides is 2. The molecular formula is C11H10Cl2N2O2. The van der Waals surface area contributed by atoms with Crippen LogP contribution in [0.1, 0.15) is 5.56 Å². The number of hydrazine groups is 1. The molecule has 0 radical (unpaired) electrons. The van der Waals surface area contributed by atoms with Crippen molar-refractivity contribution in [3.63, 3.8) is 0 Å². The first-order chi connectivity index (χ1) is 7.90. The molecule has 0 aromatic heterocycles. The Balaban J connectivity index is 2.61. The second-order valence-corrected chi connectivity index (χ2v) is 4.77. The Morgan fingerprint density at radius 2 is 1.53 bits per heavy atom. The zero-order chi connectivity index (χ0) is 12.8. The van der Waals surface area contributed by atoms with Gasteiger partial charge in [-0.05, 0) is 6.07 Å². The van der Waals surface area contributed by atoms with Crippen molar-refractivity contribution in [3.05, 3.63) is 34.9 Å². The quantitative estimate of drug-likeness (QED) is 0.576. The number of halogens is 2. The molecule has 17 heavy (non-hydrogen) atoms. The van der Waals surface area contributed by atoms with Crippen LogP contribution in [-0.2, 0) is 14.5 Å². The number of carbonyl (C=O) groups is 2. The van der Waals surface area contributed by atoms with Crippen LogP contribution < -0.4 is 0 Å². The lowest BCUT2D eigenvalue weighted by atomic mass is 9.97. The monoisotopic (exact) mass is 272 g/mol. The van der Waals surface area contributed by atoms with Crippen LogP contribution in [0, 0.1) is 0 Å². The van der Waals surface area contributed by atoms with Crippen LogP contribution in [0.25, 0.3) is 0 Å². The van der Waals surface area contributed by atoms with Gasteiger partial charge in [0.15, 0.2) is 0 Å². The fourth-order valence-corrected chi connectivity index (χ4v) is 2.52. The number of carbonyl (C=O) groups excluding carboxylic acids is 2. The van der Waals surface area contributed by atoms with E-state index in [1.54, 1.807) is 24.3 Å². The van der Waals surface area contributed by atoms with Gasteiger partial charge in [0.25, 0.3) is 11.8 Å². The van der Waals surface area contributed by atoms with E-state index >= 15 is 0 Å². The minimum Gasteiger partial charge on any atom is -0.270 e. The zero-order valence-electron chi connectivity index (χ0n) is 9.28. The second kappa shape index (κ2) is 3.89. The number of rotatable bonds is 1. The number of alkyl halides is 1. The molecule has 1 fully saturated rings. The van der Waals surface area contributed by atoms with Crippen LogP contribution >= 0.6 is 23.2 Å². The van der Waals surface area contributed by atoms with Gasteiger partial charge in [0, 0.05) is 24.7 Å². The molecule has 1 aromatic rings. The Labute approximate surface area is 109 Å². The minimum absolute atomic E-state index is 0.299. The molecule has 2 rings (SSSR count). The van der Waals surface area contributed by atoms with Crippen LogP contribution in [0.5, 0.6) is 0 Å². The normalized spacial score (nSPS) is 19.1. The highest BCUT2D eigenvalue weighted by Gasteiger charge is 2.57. The summed E-state index contributed by atoms with van der Waals surface area (Å²) in [6, 6.07) is 6.58. The van der Waals surface area contributed by atoms with Gasteiger partial charge in [0.1, 0.15) is 0 Å². The molecule has 0 atom stereocenters. The molecular weight excluding hydrogens is 263 g/mol. The van der Waals surface area contributed by atoms with Gasteiger partial charge in [-0.3, -0.25) is 19.6 Å². The first-order valence-electron chi connectivity index (χ1n) is 4.91. The summed E-state index contributed by atoms with van der Waals surface area (Å²) in [7, 11) is 2.97. The van der Waals surface area contributed by atoms with Crippen LogP contribution in [0.3, 0.4) is 0 Å². The highest BCUT2D eigenvalue weighted by molar-refractivity contribution is 6.48. The fourth-order valence-electron chi connectivity index (χ4n) is 1.78. The maximum absolute atomic E-state index is 12.1. The molecule has 0 saturated carbocycles. The van der Waals surface area contributed by atoms with Crippen molar-refractivity contribution >= 4 is 35.0 Å². The van der Waals surface area contributed by atoms with Gasteiger partial charge in [0.2, 0.25) is 4.87 Å². The highest BCUT2D eigenvalue weighted by atomic mass is 35.5. The molecule has 90 valence electrons. The molecule has 1 aliphatic heterocycles. The number of benzene rings is 1. The van der Waals surface area contributed by atoms with Crippen molar-refractivity contribution in [2.75, 3.05) is 14.1 Å². The van der Waals surface area contributed by atoms with E-state index in [1.165, 1.54) is 24.1 Å². The smallest absolute Gasteiger partial charge is 0.270 e. The summed E-state index contributed by atoms with van der Waals surface area (Å²) in [6.45, 7) is 0. The van der Waals surface area contributed by atoms with Gasteiger partial charge in [0.05, 0.1) is 0 Å². The molecule has 4 nitrogen and oxygen atoms in total. The molecule has 1 heterocycles. The van der Waals surface area contributed by atoms with Gasteiger partial charge in [-0.2, -0.15) is 0 Å². The van der Waals surface area contributed by atoms with Crippen LogP contribution in [0.2, 0.25) is 5.02 Å². The number of likely N-dealkylation sites (N-methyl/N-ethyl adjacent to an activating group) is 2. The van der Waals surface area contributed by atoms with Gasteiger partial charge in [-0.25, -0.2) is 0 Å². The predicted molar refractivity (Wildman–Crippen MR) is 64.5 cm³/mol. The molecule has 2 amide bonds. The van der Waals surface area contributed by atoms with E-state index in [1.807, 2.05) is 0 Å². The van der Waals surface area contributed by atoms with Crippen molar-refractivity contribution in [1.29, 1.82) is 0 Å². The summed E-state index contributed by atoms with van der Waals surface area (Å²) < 4.78 is 0. The lowest BCUT2D eigenvalue weighted by Gasteiger charge is -2.17. The summed E-state index contributed by atoms with van der Waals surface area (Å²) in [5, 5.41) is 2.66. The Bertz CT molecular complexity index is 484. The van der Waals surface area contributed by atoms with Crippen LogP contribution in [0.15, 0.2) is 24.3 Å². The zero-order valence-corrected chi connectivity index (χ0v) is 10.8. The van der Waals surface area contributed by atoms with Gasteiger partial charge < -0.3 is 0 Å². The molecule has 0 N–H and O–H groups in total. The largest absolute Gasteiger partial charge is 0.276 e. The first-order valence-corrected chi connectivity index (χ1v) is 5.66. The summed E-state index contributed by atoms with van der Waals surface area (Å²) in [5.41, 5.74) is 0.314. The van der Waals surface area contributed by atoms with Gasteiger partial charge >= 0.3 is 0 Å². The maximum Gasteiger partial charge on any atom is 0.276 e. The van der Waals surface area contributed by atoms with E-state index in [2.05, 4.69) is 0 Å². The van der Waals surface area contributed by atoms with Crippen molar-refractivity contribution in [2.24, 2.45) is 0 Å². The van der Waals surface area contributed by atoms with Crippen LogP contribution in [-0.4, -0.2) is 35.9 Å². The standard InChI is InChI=1S/C11H10Cl2N2O2/c1-14-9(16)11(13,10(17)15(14)2)7-5-3-4-6-8(7)12/h3-6H,1-2H3. The molecule has 1 saturated heterocycles. The Hall–Kier alpha value is -1.26. The van der Waals surface area contributed by atoms with Crippen molar-refractivity contribution in [2.45, 2.75) is 4.87 Å². The fraction of sp³-hybridized carbons (Fsp3) is 0.273. The Morgan fingerprint density at radius 1 is 1.06 bits per heavy atom.